The number of nitrogens with two attached hydrogens (primary N) is 1. The van der Waals surface area contributed by atoms with Crippen molar-refractivity contribution in [2.24, 2.45) is 11.7 Å². The molecule has 0 saturated carbocycles. The van der Waals surface area contributed by atoms with Gasteiger partial charge in [0, 0.05) is 12.6 Å². The first-order chi connectivity index (χ1) is 10.2. The lowest BCUT2D eigenvalue weighted by Crippen LogP contribution is -2.47. The number of thiazole rings is 1. The minimum absolute atomic E-state index is 0.369. The van der Waals surface area contributed by atoms with Crippen LogP contribution in [0.5, 0.6) is 0 Å². The van der Waals surface area contributed by atoms with Crippen LogP contribution in [0.15, 0.2) is 24.3 Å². The molecule has 2 aromatic rings. The highest BCUT2D eigenvalue weighted by Crippen LogP contribution is 2.34. The predicted octanol–water partition coefficient (Wildman–Crippen LogP) is 3.81. The smallest absolute Gasteiger partial charge is 0.111 e. The van der Waals surface area contributed by atoms with Crippen molar-refractivity contribution in [1.29, 1.82) is 0 Å². The third-order valence-corrected chi connectivity index (χ3v) is 6.09. The Bertz CT molecular complexity index is 561. The molecule has 1 aromatic carbocycles. The Labute approximate surface area is 131 Å². The molecular formula is C17H25N3S. The topological polar surface area (TPSA) is 42.2 Å². The Kier molecular flexibility index (Phi) is 4.57. The van der Waals surface area contributed by atoms with Gasteiger partial charge < -0.3 is 5.73 Å². The molecule has 0 amide bonds. The lowest BCUT2D eigenvalue weighted by molar-refractivity contribution is 0.0772. The summed E-state index contributed by atoms with van der Waals surface area (Å²) in [6, 6.07) is 9.29. The van der Waals surface area contributed by atoms with E-state index in [1.807, 2.05) is 11.3 Å². The molecule has 0 spiro atoms. The van der Waals surface area contributed by atoms with Crippen LogP contribution in [-0.4, -0.2) is 29.0 Å². The fourth-order valence-electron chi connectivity index (χ4n) is 3.48. The van der Waals surface area contributed by atoms with Gasteiger partial charge in [0.15, 0.2) is 0 Å². The van der Waals surface area contributed by atoms with Crippen LogP contribution < -0.4 is 5.73 Å². The molecular weight excluding hydrogens is 278 g/mol. The maximum atomic E-state index is 6.04. The van der Waals surface area contributed by atoms with Gasteiger partial charge in [-0.2, -0.15) is 0 Å². The van der Waals surface area contributed by atoms with Gasteiger partial charge in [-0.3, -0.25) is 4.90 Å². The van der Waals surface area contributed by atoms with Crippen molar-refractivity contribution in [3.8, 4) is 0 Å². The van der Waals surface area contributed by atoms with Crippen LogP contribution in [0.3, 0.4) is 0 Å². The molecule has 2 heterocycles. The van der Waals surface area contributed by atoms with Crippen LogP contribution in [0, 0.1) is 5.92 Å². The minimum Gasteiger partial charge on any atom is -0.329 e. The van der Waals surface area contributed by atoms with E-state index in [4.69, 9.17) is 10.7 Å². The van der Waals surface area contributed by atoms with Crippen LogP contribution in [0.1, 0.15) is 44.2 Å². The number of piperidine rings is 1. The van der Waals surface area contributed by atoms with E-state index in [2.05, 4.69) is 43.0 Å². The molecule has 0 bridgehead atoms. The zero-order chi connectivity index (χ0) is 14.8. The molecule has 1 fully saturated rings. The van der Waals surface area contributed by atoms with E-state index in [1.165, 1.54) is 29.0 Å². The first kappa shape index (κ1) is 14.9. The zero-order valence-electron chi connectivity index (χ0n) is 13.0. The van der Waals surface area contributed by atoms with E-state index in [1.54, 1.807) is 0 Å². The molecule has 2 N–H and O–H groups in total. The predicted molar refractivity (Wildman–Crippen MR) is 90.6 cm³/mol. The number of benzene rings is 1. The van der Waals surface area contributed by atoms with Crippen molar-refractivity contribution in [2.75, 3.05) is 13.1 Å². The van der Waals surface area contributed by atoms with E-state index in [0.717, 1.165) is 24.5 Å². The zero-order valence-corrected chi connectivity index (χ0v) is 13.8. The SMILES string of the molecule is CCC1CCN(C(C)c2nc3ccccc3s2)C(CN)C1. The summed E-state index contributed by atoms with van der Waals surface area (Å²) in [7, 11) is 0. The first-order valence-corrected chi connectivity index (χ1v) is 8.85. The summed E-state index contributed by atoms with van der Waals surface area (Å²) in [4.78, 5) is 7.41. The molecule has 0 aliphatic carbocycles. The fourth-order valence-corrected chi connectivity index (χ4v) is 4.52. The van der Waals surface area contributed by atoms with Crippen LogP contribution in [0.2, 0.25) is 0 Å². The van der Waals surface area contributed by atoms with E-state index in [0.29, 0.717) is 12.1 Å². The Morgan fingerprint density at radius 2 is 2.24 bits per heavy atom. The summed E-state index contributed by atoms with van der Waals surface area (Å²) in [6.45, 7) is 6.49. The summed E-state index contributed by atoms with van der Waals surface area (Å²) in [5.74, 6) is 0.845. The highest BCUT2D eigenvalue weighted by atomic mass is 32.1. The van der Waals surface area contributed by atoms with Crippen LogP contribution in [0.4, 0.5) is 0 Å². The largest absolute Gasteiger partial charge is 0.329 e. The third kappa shape index (κ3) is 2.98. The molecule has 1 aromatic heterocycles. The maximum absolute atomic E-state index is 6.04. The molecule has 3 nitrogen and oxygen atoms in total. The average Bonchev–Trinajstić information content (AvgIpc) is 2.97. The Morgan fingerprint density at radius 1 is 1.43 bits per heavy atom. The van der Waals surface area contributed by atoms with Gasteiger partial charge in [0.1, 0.15) is 5.01 Å². The standard InChI is InChI=1S/C17H25N3S/c1-3-13-8-9-20(14(10-13)11-18)12(2)17-19-15-6-4-5-7-16(15)21-17/h4-7,12-14H,3,8-11,18H2,1-2H3. The minimum atomic E-state index is 0.369. The molecule has 1 aliphatic heterocycles. The Morgan fingerprint density at radius 3 is 2.95 bits per heavy atom. The first-order valence-electron chi connectivity index (χ1n) is 8.04. The second-order valence-electron chi connectivity index (χ2n) is 6.12. The normalized spacial score (nSPS) is 25.3. The summed E-state index contributed by atoms with van der Waals surface area (Å²) in [5, 5.41) is 1.23. The molecule has 1 saturated heterocycles. The quantitative estimate of drug-likeness (QED) is 0.934. The van der Waals surface area contributed by atoms with Crippen molar-refractivity contribution in [3.63, 3.8) is 0 Å². The van der Waals surface area contributed by atoms with Gasteiger partial charge in [-0.1, -0.05) is 25.5 Å². The van der Waals surface area contributed by atoms with Crippen molar-refractivity contribution < 1.29 is 0 Å². The lowest BCUT2D eigenvalue weighted by Gasteiger charge is -2.41. The molecule has 21 heavy (non-hydrogen) atoms. The number of fused-ring (bicyclic) bond motifs is 1. The van der Waals surface area contributed by atoms with Gasteiger partial charge in [-0.05, 0) is 44.4 Å². The number of likely N-dealkylation sites (tertiary alicyclic amines) is 1. The van der Waals surface area contributed by atoms with Gasteiger partial charge >= 0.3 is 0 Å². The number of hydrogen-bond donors (Lipinski definition) is 1. The summed E-state index contributed by atoms with van der Waals surface area (Å²) in [5.41, 5.74) is 7.17. The van der Waals surface area contributed by atoms with Crippen LogP contribution in [0.25, 0.3) is 10.2 Å². The maximum Gasteiger partial charge on any atom is 0.111 e. The molecule has 114 valence electrons. The molecule has 3 rings (SSSR count). The Balaban J connectivity index is 1.81. The summed E-state index contributed by atoms with van der Waals surface area (Å²) < 4.78 is 1.28. The van der Waals surface area contributed by atoms with E-state index in [-0.39, 0.29) is 0 Å². The van der Waals surface area contributed by atoms with Crippen molar-refractivity contribution >= 4 is 21.6 Å². The van der Waals surface area contributed by atoms with Gasteiger partial charge in [0.2, 0.25) is 0 Å². The highest BCUT2D eigenvalue weighted by molar-refractivity contribution is 7.18. The van der Waals surface area contributed by atoms with Crippen molar-refractivity contribution in [2.45, 2.75) is 45.2 Å². The number of aromatic nitrogens is 1. The van der Waals surface area contributed by atoms with E-state index in [9.17, 15) is 0 Å². The summed E-state index contributed by atoms with van der Waals surface area (Å²) >= 11 is 1.82. The fraction of sp³-hybridized carbons (Fsp3) is 0.588. The Hall–Kier alpha value is -0.970. The number of rotatable bonds is 4. The average molecular weight is 303 g/mol. The number of para-hydroxylation sites is 1. The van der Waals surface area contributed by atoms with Crippen LogP contribution in [-0.2, 0) is 0 Å². The molecule has 1 aliphatic rings. The molecule has 4 heteroatoms. The van der Waals surface area contributed by atoms with E-state index < -0.39 is 0 Å². The highest BCUT2D eigenvalue weighted by Gasteiger charge is 2.31. The molecule has 0 radical (unpaired) electrons. The van der Waals surface area contributed by atoms with Crippen molar-refractivity contribution in [3.05, 3.63) is 29.3 Å². The van der Waals surface area contributed by atoms with Gasteiger partial charge in [-0.15, -0.1) is 11.3 Å². The van der Waals surface area contributed by atoms with Gasteiger partial charge in [0.05, 0.1) is 16.3 Å². The lowest BCUT2D eigenvalue weighted by atomic mass is 9.88. The number of hydrogen-bond acceptors (Lipinski definition) is 4. The van der Waals surface area contributed by atoms with Gasteiger partial charge in [-0.25, -0.2) is 4.98 Å². The number of nitrogens with zero attached hydrogens (tertiary/aromatic N) is 2. The van der Waals surface area contributed by atoms with E-state index >= 15 is 0 Å². The van der Waals surface area contributed by atoms with Crippen molar-refractivity contribution in [1.82, 2.24) is 9.88 Å². The second-order valence-corrected chi connectivity index (χ2v) is 7.18. The monoisotopic (exact) mass is 303 g/mol. The summed E-state index contributed by atoms with van der Waals surface area (Å²) in [6.07, 6.45) is 3.81. The third-order valence-electron chi connectivity index (χ3n) is 4.88. The second kappa shape index (κ2) is 6.42. The van der Waals surface area contributed by atoms with Crippen LogP contribution >= 0.6 is 11.3 Å². The molecule has 3 unspecified atom stereocenters. The van der Waals surface area contributed by atoms with Gasteiger partial charge in [0.25, 0.3) is 0 Å². The molecule has 3 atom stereocenters.